The number of rotatable bonds is 7. The van der Waals surface area contributed by atoms with Gasteiger partial charge in [-0.05, 0) is 48.6 Å². The Kier molecular flexibility index (Phi) is 7.14. The van der Waals surface area contributed by atoms with Gasteiger partial charge in [0.2, 0.25) is 11.8 Å². The second-order valence-corrected chi connectivity index (χ2v) is 8.34. The fraction of sp³-hybridized carbons (Fsp3) is 0.440. The molecule has 160 valence electrons. The van der Waals surface area contributed by atoms with Crippen molar-refractivity contribution in [2.75, 3.05) is 6.61 Å². The maximum Gasteiger partial charge on any atom is 0.243 e. The third kappa shape index (κ3) is 5.21. The molecule has 0 spiro atoms. The van der Waals surface area contributed by atoms with E-state index in [-0.39, 0.29) is 23.8 Å². The van der Waals surface area contributed by atoms with Crippen LogP contribution in [-0.4, -0.2) is 29.4 Å². The van der Waals surface area contributed by atoms with Gasteiger partial charge in [0.15, 0.2) is 0 Å². The van der Waals surface area contributed by atoms with Crippen LogP contribution in [0.25, 0.3) is 0 Å². The van der Waals surface area contributed by atoms with E-state index in [0.29, 0.717) is 26.0 Å². The molecular weight excluding hydrogens is 376 g/mol. The first kappa shape index (κ1) is 21.9. The molecule has 0 aromatic heterocycles. The molecule has 2 atom stereocenters. The van der Waals surface area contributed by atoms with E-state index < -0.39 is 6.04 Å². The summed E-state index contributed by atoms with van der Waals surface area (Å²) in [4.78, 5) is 27.9. The second kappa shape index (κ2) is 9.79. The first-order chi connectivity index (χ1) is 14.4. The van der Waals surface area contributed by atoms with Gasteiger partial charge in [0, 0.05) is 19.4 Å². The molecule has 0 saturated carbocycles. The second-order valence-electron chi connectivity index (χ2n) is 8.34. The zero-order valence-corrected chi connectivity index (χ0v) is 18.4. The third-order valence-corrected chi connectivity index (χ3v) is 5.50. The number of benzene rings is 2. The van der Waals surface area contributed by atoms with E-state index in [1.54, 1.807) is 4.90 Å². The smallest absolute Gasteiger partial charge is 0.243 e. The van der Waals surface area contributed by atoms with Crippen molar-refractivity contribution in [2.45, 2.75) is 59.2 Å². The van der Waals surface area contributed by atoms with Crippen LogP contribution in [0.5, 0.6) is 5.75 Å². The normalized spacial score (nSPS) is 16.7. The predicted molar refractivity (Wildman–Crippen MR) is 118 cm³/mol. The Hall–Kier alpha value is -2.82. The highest BCUT2D eigenvalue weighted by molar-refractivity contribution is 5.88. The van der Waals surface area contributed by atoms with E-state index >= 15 is 0 Å². The molecule has 0 aliphatic carbocycles. The Morgan fingerprint density at radius 2 is 1.73 bits per heavy atom. The Morgan fingerprint density at radius 1 is 1.07 bits per heavy atom. The lowest BCUT2D eigenvalue weighted by molar-refractivity contribution is -0.142. The largest absolute Gasteiger partial charge is 0.494 e. The number of carbonyl (C=O) groups is 2. The summed E-state index contributed by atoms with van der Waals surface area (Å²) in [5, 5.41) is 3.11. The van der Waals surface area contributed by atoms with E-state index in [9.17, 15) is 9.59 Å². The van der Waals surface area contributed by atoms with Gasteiger partial charge in [0.1, 0.15) is 11.8 Å². The topological polar surface area (TPSA) is 58.6 Å². The van der Waals surface area contributed by atoms with Crippen molar-refractivity contribution in [3.05, 3.63) is 65.2 Å². The SMILES string of the molecule is CCOc1ccc(C(C)NC(=O)C2Cc3ccccc3CN2C(=O)CC(C)C)cc1. The molecule has 1 N–H and O–H groups in total. The van der Waals surface area contributed by atoms with Crippen molar-refractivity contribution in [3.8, 4) is 5.75 Å². The number of carbonyl (C=O) groups excluding carboxylic acids is 2. The highest BCUT2D eigenvalue weighted by Gasteiger charge is 2.35. The first-order valence-corrected chi connectivity index (χ1v) is 10.8. The molecule has 2 amide bonds. The number of hydrogen-bond acceptors (Lipinski definition) is 3. The van der Waals surface area contributed by atoms with Crippen molar-refractivity contribution >= 4 is 11.8 Å². The van der Waals surface area contributed by atoms with Crippen LogP contribution in [0.2, 0.25) is 0 Å². The molecule has 0 bridgehead atoms. The number of ether oxygens (including phenoxy) is 1. The van der Waals surface area contributed by atoms with Crippen molar-refractivity contribution in [3.63, 3.8) is 0 Å². The maximum atomic E-state index is 13.2. The van der Waals surface area contributed by atoms with Crippen LogP contribution < -0.4 is 10.1 Å². The van der Waals surface area contributed by atoms with Gasteiger partial charge in [-0.1, -0.05) is 50.2 Å². The number of amides is 2. The lowest BCUT2D eigenvalue weighted by Gasteiger charge is -2.37. The standard InChI is InChI=1S/C25H32N2O3/c1-5-30-22-12-10-19(11-13-22)18(4)26-25(29)23-15-20-8-6-7-9-21(20)16-27(23)24(28)14-17(2)3/h6-13,17-18,23H,5,14-16H2,1-4H3,(H,26,29). The quantitative estimate of drug-likeness (QED) is 0.745. The summed E-state index contributed by atoms with van der Waals surface area (Å²) in [6, 6.07) is 15.2. The Labute approximate surface area is 179 Å². The number of fused-ring (bicyclic) bond motifs is 1. The van der Waals surface area contributed by atoms with Crippen molar-refractivity contribution < 1.29 is 14.3 Å². The summed E-state index contributed by atoms with van der Waals surface area (Å²) >= 11 is 0. The van der Waals surface area contributed by atoms with Crippen molar-refractivity contribution in [1.29, 1.82) is 0 Å². The van der Waals surface area contributed by atoms with E-state index in [1.165, 1.54) is 0 Å². The molecule has 0 fully saturated rings. The molecule has 30 heavy (non-hydrogen) atoms. The van der Waals surface area contributed by atoms with Gasteiger partial charge in [0.05, 0.1) is 12.6 Å². The fourth-order valence-electron chi connectivity index (χ4n) is 3.90. The van der Waals surface area contributed by atoms with Crippen LogP contribution in [0, 0.1) is 5.92 Å². The molecule has 2 aromatic rings. The van der Waals surface area contributed by atoms with Crippen LogP contribution in [0.3, 0.4) is 0 Å². The summed E-state index contributed by atoms with van der Waals surface area (Å²) in [6.07, 6.45) is 0.988. The monoisotopic (exact) mass is 408 g/mol. The van der Waals surface area contributed by atoms with Gasteiger partial charge < -0.3 is 15.0 Å². The molecule has 2 aromatic carbocycles. The van der Waals surface area contributed by atoms with Crippen LogP contribution in [-0.2, 0) is 22.6 Å². The fourth-order valence-corrected chi connectivity index (χ4v) is 3.90. The minimum Gasteiger partial charge on any atom is -0.494 e. The van der Waals surface area contributed by atoms with Crippen LogP contribution in [0.15, 0.2) is 48.5 Å². The third-order valence-electron chi connectivity index (χ3n) is 5.50. The van der Waals surface area contributed by atoms with Crippen LogP contribution in [0.4, 0.5) is 0 Å². The van der Waals surface area contributed by atoms with Gasteiger partial charge in [0.25, 0.3) is 0 Å². The number of hydrogen-bond donors (Lipinski definition) is 1. The van der Waals surface area contributed by atoms with Gasteiger partial charge in [-0.2, -0.15) is 0 Å². The molecule has 1 heterocycles. The Balaban J connectivity index is 1.76. The summed E-state index contributed by atoms with van der Waals surface area (Å²) in [5.74, 6) is 0.992. The summed E-state index contributed by atoms with van der Waals surface area (Å²) < 4.78 is 5.49. The average Bonchev–Trinajstić information content (AvgIpc) is 2.73. The molecule has 1 aliphatic heterocycles. The molecule has 5 nitrogen and oxygen atoms in total. The summed E-state index contributed by atoms with van der Waals surface area (Å²) in [7, 11) is 0. The summed E-state index contributed by atoms with van der Waals surface area (Å²) in [6.45, 7) is 9.07. The van der Waals surface area contributed by atoms with Crippen molar-refractivity contribution in [2.24, 2.45) is 5.92 Å². The van der Waals surface area contributed by atoms with Gasteiger partial charge >= 0.3 is 0 Å². The highest BCUT2D eigenvalue weighted by Crippen LogP contribution is 2.26. The van der Waals surface area contributed by atoms with Gasteiger partial charge in [-0.3, -0.25) is 9.59 Å². The molecule has 5 heteroatoms. The molecule has 0 saturated heterocycles. The molecule has 2 unspecified atom stereocenters. The van der Waals surface area contributed by atoms with Gasteiger partial charge in [-0.25, -0.2) is 0 Å². The minimum atomic E-state index is -0.490. The molecule has 3 rings (SSSR count). The maximum absolute atomic E-state index is 13.2. The summed E-state index contributed by atoms with van der Waals surface area (Å²) in [5.41, 5.74) is 3.27. The van der Waals surface area contributed by atoms with E-state index in [0.717, 1.165) is 22.4 Å². The van der Waals surface area contributed by atoms with E-state index in [1.807, 2.05) is 70.2 Å². The molecule has 0 radical (unpaired) electrons. The van der Waals surface area contributed by atoms with Crippen LogP contribution >= 0.6 is 0 Å². The van der Waals surface area contributed by atoms with Crippen LogP contribution in [0.1, 0.15) is 56.8 Å². The minimum absolute atomic E-state index is 0.0355. The number of nitrogens with zero attached hydrogens (tertiary/aromatic N) is 1. The lowest BCUT2D eigenvalue weighted by Crippen LogP contribution is -2.53. The van der Waals surface area contributed by atoms with E-state index in [4.69, 9.17) is 4.74 Å². The van der Waals surface area contributed by atoms with Gasteiger partial charge in [-0.15, -0.1) is 0 Å². The highest BCUT2D eigenvalue weighted by atomic mass is 16.5. The van der Waals surface area contributed by atoms with E-state index in [2.05, 4.69) is 11.4 Å². The van der Waals surface area contributed by atoms with Crippen molar-refractivity contribution in [1.82, 2.24) is 10.2 Å². The zero-order valence-electron chi connectivity index (χ0n) is 18.4. The predicted octanol–water partition coefficient (Wildman–Crippen LogP) is 4.26. The Morgan fingerprint density at radius 3 is 2.37 bits per heavy atom. The average molecular weight is 409 g/mol. The number of nitrogens with one attached hydrogen (secondary N) is 1. The lowest BCUT2D eigenvalue weighted by atomic mass is 9.92. The molecule has 1 aliphatic rings. The molecular formula is C25H32N2O3. The Bertz CT molecular complexity index is 876. The zero-order chi connectivity index (χ0) is 21.7. The first-order valence-electron chi connectivity index (χ1n) is 10.8.